The van der Waals surface area contributed by atoms with Crippen molar-refractivity contribution in [3.05, 3.63) is 76.9 Å². The lowest BCUT2D eigenvalue weighted by Crippen LogP contribution is -1.90. The van der Waals surface area contributed by atoms with Gasteiger partial charge < -0.3 is 0 Å². The zero-order chi connectivity index (χ0) is 16.5. The smallest absolute Gasteiger partial charge is 0.155 e. The Bertz CT molecular complexity index is 656. The van der Waals surface area contributed by atoms with Gasteiger partial charge in [0.2, 0.25) is 0 Å². The van der Waals surface area contributed by atoms with Gasteiger partial charge in [-0.3, -0.25) is 9.59 Å². The van der Waals surface area contributed by atoms with Crippen molar-refractivity contribution in [2.75, 3.05) is 0 Å². The highest BCUT2D eigenvalue weighted by Crippen LogP contribution is 2.08. The molecule has 2 aromatic carbocycles. The number of ketones is 1. The molecule has 4 heteroatoms. The number of rotatable bonds is 3. The van der Waals surface area contributed by atoms with Crippen LogP contribution in [-0.4, -0.2) is 12.1 Å². The first-order chi connectivity index (χ1) is 10.4. The SMILES string of the molecule is CC(=O)/C(C)=C/c1ccc(F)cc1.O=Cc1ccc(F)cc1. The lowest BCUT2D eigenvalue weighted by Gasteiger charge is -1.95. The number of carbonyl (C=O) groups excluding carboxylic acids is 2. The Morgan fingerprint density at radius 3 is 1.59 bits per heavy atom. The molecule has 0 fully saturated rings. The van der Waals surface area contributed by atoms with E-state index in [1.165, 1.54) is 43.3 Å². The Morgan fingerprint density at radius 1 is 0.818 bits per heavy atom. The highest BCUT2D eigenvalue weighted by molar-refractivity contribution is 5.97. The van der Waals surface area contributed by atoms with Crippen LogP contribution in [0, 0.1) is 11.6 Å². The molecule has 0 aliphatic rings. The Hall–Kier alpha value is -2.62. The van der Waals surface area contributed by atoms with Gasteiger partial charge in [-0.25, -0.2) is 8.78 Å². The van der Waals surface area contributed by atoms with Crippen molar-refractivity contribution < 1.29 is 18.4 Å². The van der Waals surface area contributed by atoms with Gasteiger partial charge in [-0.15, -0.1) is 0 Å². The number of aldehydes is 1. The standard InChI is InChI=1S/C11H11FO.C7H5FO/c1-8(9(2)13)7-10-3-5-11(12)6-4-10;8-7-3-1-6(5-9)2-4-7/h3-7H,1-2H3;1-5H/b8-7+;. The summed E-state index contributed by atoms with van der Waals surface area (Å²) in [5.41, 5.74) is 2.01. The maximum atomic E-state index is 12.5. The number of carbonyl (C=O) groups is 2. The third kappa shape index (κ3) is 6.22. The predicted octanol–water partition coefficient (Wildman–Crippen LogP) is 4.46. The molecule has 0 bridgehead atoms. The number of hydrogen-bond acceptors (Lipinski definition) is 2. The summed E-state index contributed by atoms with van der Waals surface area (Å²) in [7, 11) is 0. The van der Waals surface area contributed by atoms with Crippen molar-refractivity contribution in [3.8, 4) is 0 Å². The monoisotopic (exact) mass is 302 g/mol. The van der Waals surface area contributed by atoms with Gasteiger partial charge in [0.05, 0.1) is 0 Å². The molecule has 0 atom stereocenters. The summed E-state index contributed by atoms with van der Waals surface area (Å²) in [6.07, 6.45) is 2.42. The molecule has 0 amide bonds. The summed E-state index contributed by atoms with van der Waals surface area (Å²) in [4.78, 5) is 20.9. The molecule has 22 heavy (non-hydrogen) atoms. The van der Waals surface area contributed by atoms with E-state index in [-0.39, 0.29) is 17.4 Å². The summed E-state index contributed by atoms with van der Waals surface area (Å²) in [5.74, 6) is -0.553. The van der Waals surface area contributed by atoms with E-state index in [4.69, 9.17) is 0 Å². The van der Waals surface area contributed by atoms with Gasteiger partial charge in [0.1, 0.15) is 17.9 Å². The second-order valence-corrected chi connectivity index (χ2v) is 4.60. The molecule has 0 aromatic heterocycles. The lowest BCUT2D eigenvalue weighted by molar-refractivity contribution is -0.113. The van der Waals surface area contributed by atoms with Crippen molar-refractivity contribution in [1.82, 2.24) is 0 Å². The summed E-state index contributed by atoms with van der Waals surface area (Å²) in [5, 5.41) is 0. The summed E-state index contributed by atoms with van der Waals surface area (Å²) < 4.78 is 24.6. The largest absolute Gasteiger partial charge is 0.298 e. The first-order valence-electron chi connectivity index (χ1n) is 6.58. The molecule has 0 saturated carbocycles. The maximum absolute atomic E-state index is 12.5. The Morgan fingerprint density at radius 2 is 1.23 bits per heavy atom. The van der Waals surface area contributed by atoms with E-state index in [1.54, 1.807) is 25.1 Å². The van der Waals surface area contributed by atoms with Crippen LogP contribution in [0.25, 0.3) is 6.08 Å². The van der Waals surface area contributed by atoms with E-state index in [2.05, 4.69) is 0 Å². The number of Topliss-reactive ketones (excluding diaryl/α,β-unsaturated/α-hetero) is 1. The van der Waals surface area contributed by atoms with Crippen molar-refractivity contribution in [2.45, 2.75) is 13.8 Å². The second-order valence-electron chi connectivity index (χ2n) is 4.60. The molecule has 0 unspecified atom stereocenters. The molecule has 2 aromatic rings. The molecular weight excluding hydrogens is 286 g/mol. The van der Waals surface area contributed by atoms with Gasteiger partial charge in [0.15, 0.2) is 5.78 Å². The van der Waals surface area contributed by atoms with Crippen molar-refractivity contribution in [3.63, 3.8) is 0 Å². The van der Waals surface area contributed by atoms with Crippen LogP contribution in [0.4, 0.5) is 8.78 Å². The molecular formula is C18H16F2O2. The van der Waals surface area contributed by atoms with E-state index in [0.717, 1.165) is 5.56 Å². The zero-order valence-corrected chi connectivity index (χ0v) is 12.3. The van der Waals surface area contributed by atoms with Gasteiger partial charge in [-0.05, 0) is 67.5 Å². The maximum Gasteiger partial charge on any atom is 0.155 e. The van der Waals surface area contributed by atoms with E-state index in [1.807, 2.05) is 0 Å². The average Bonchev–Trinajstić information content (AvgIpc) is 2.51. The number of allylic oxidation sites excluding steroid dienone is 1. The predicted molar refractivity (Wildman–Crippen MR) is 82.5 cm³/mol. The molecule has 2 nitrogen and oxygen atoms in total. The van der Waals surface area contributed by atoms with Crippen molar-refractivity contribution in [2.24, 2.45) is 0 Å². The topological polar surface area (TPSA) is 34.1 Å². The summed E-state index contributed by atoms with van der Waals surface area (Å²) >= 11 is 0. The van der Waals surface area contributed by atoms with Crippen molar-refractivity contribution >= 4 is 18.1 Å². The molecule has 0 spiro atoms. The lowest BCUT2D eigenvalue weighted by atomic mass is 10.1. The van der Waals surface area contributed by atoms with Gasteiger partial charge in [0, 0.05) is 5.56 Å². The molecule has 0 radical (unpaired) electrons. The Kier molecular flexibility index (Phi) is 6.83. The van der Waals surface area contributed by atoms with Gasteiger partial charge >= 0.3 is 0 Å². The minimum atomic E-state index is -0.319. The highest BCUT2D eigenvalue weighted by Gasteiger charge is 1.96. The number of benzene rings is 2. The third-order valence-corrected chi connectivity index (χ3v) is 2.81. The minimum Gasteiger partial charge on any atom is -0.298 e. The Balaban J connectivity index is 0.000000235. The number of halogens is 2. The fraction of sp³-hybridized carbons (Fsp3) is 0.111. The first-order valence-corrected chi connectivity index (χ1v) is 6.58. The van der Waals surface area contributed by atoms with E-state index in [0.29, 0.717) is 17.4 Å². The van der Waals surface area contributed by atoms with E-state index < -0.39 is 0 Å². The van der Waals surface area contributed by atoms with E-state index in [9.17, 15) is 18.4 Å². The average molecular weight is 302 g/mol. The van der Waals surface area contributed by atoms with Crippen LogP contribution in [0.1, 0.15) is 29.8 Å². The fourth-order valence-electron chi connectivity index (χ4n) is 1.45. The van der Waals surface area contributed by atoms with Crippen LogP contribution in [0.2, 0.25) is 0 Å². The van der Waals surface area contributed by atoms with Gasteiger partial charge in [-0.1, -0.05) is 12.1 Å². The highest BCUT2D eigenvalue weighted by atomic mass is 19.1. The minimum absolute atomic E-state index is 0.0318. The number of hydrogen-bond donors (Lipinski definition) is 0. The molecule has 0 N–H and O–H groups in total. The van der Waals surface area contributed by atoms with Crippen LogP contribution in [0.5, 0.6) is 0 Å². The van der Waals surface area contributed by atoms with Crippen molar-refractivity contribution in [1.29, 1.82) is 0 Å². The molecule has 0 saturated heterocycles. The van der Waals surface area contributed by atoms with Crippen LogP contribution < -0.4 is 0 Å². The first kappa shape index (κ1) is 17.4. The Labute approximate surface area is 128 Å². The molecule has 0 aliphatic carbocycles. The van der Waals surface area contributed by atoms with Gasteiger partial charge in [0.25, 0.3) is 0 Å². The van der Waals surface area contributed by atoms with Crippen LogP contribution in [0.15, 0.2) is 54.1 Å². The second kappa shape index (κ2) is 8.62. The zero-order valence-electron chi connectivity index (χ0n) is 12.3. The van der Waals surface area contributed by atoms with Crippen LogP contribution in [-0.2, 0) is 4.79 Å². The molecule has 2 rings (SSSR count). The molecule has 114 valence electrons. The quantitative estimate of drug-likeness (QED) is 0.620. The normalized spacial score (nSPS) is 10.5. The van der Waals surface area contributed by atoms with Crippen LogP contribution >= 0.6 is 0 Å². The van der Waals surface area contributed by atoms with Crippen LogP contribution in [0.3, 0.4) is 0 Å². The van der Waals surface area contributed by atoms with Gasteiger partial charge in [-0.2, -0.15) is 0 Å². The summed E-state index contributed by atoms with van der Waals surface area (Å²) in [6.45, 7) is 3.25. The summed E-state index contributed by atoms with van der Waals surface area (Å²) in [6, 6.07) is 11.4. The van der Waals surface area contributed by atoms with E-state index >= 15 is 0 Å². The third-order valence-electron chi connectivity index (χ3n) is 2.81. The molecule has 0 aliphatic heterocycles. The fourth-order valence-corrected chi connectivity index (χ4v) is 1.45. The molecule has 0 heterocycles.